The van der Waals surface area contributed by atoms with E-state index in [-0.39, 0.29) is 36.4 Å². The second-order valence-electron chi connectivity index (χ2n) is 9.42. The highest BCUT2D eigenvalue weighted by atomic mass is 16.7. The molecule has 2 heterocycles. The first-order valence-electron chi connectivity index (χ1n) is 10.7. The predicted molar refractivity (Wildman–Crippen MR) is 102 cm³/mol. The normalized spacial score (nSPS) is 51.0. The van der Waals surface area contributed by atoms with Crippen LogP contribution in [-0.4, -0.2) is 87.6 Å². The summed E-state index contributed by atoms with van der Waals surface area (Å²) in [7, 11) is 0. The van der Waals surface area contributed by atoms with Crippen LogP contribution in [0.2, 0.25) is 0 Å². The average Bonchev–Trinajstić information content (AvgIpc) is 3.01. The van der Waals surface area contributed by atoms with Crippen molar-refractivity contribution in [3.63, 3.8) is 0 Å². The van der Waals surface area contributed by atoms with Crippen molar-refractivity contribution in [2.45, 2.75) is 76.0 Å². The van der Waals surface area contributed by atoms with E-state index < -0.39 is 48.8 Å². The molecular formula is C21H32O9. The minimum Gasteiger partial charge on any atom is -0.461 e. The highest BCUT2D eigenvalue weighted by molar-refractivity contribution is 5.75. The van der Waals surface area contributed by atoms with Gasteiger partial charge < -0.3 is 39.7 Å². The molecule has 3 fully saturated rings. The number of hydrogen-bond acceptors (Lipinski definition) is 9. The van der Waals surface area contributed by atoms with Crippen molar-refractivity contribution in [2.75, 3.05) is 13.2 Å². The van der Waals surface area contributed by atoms with Crippen molar-refractivity contribution in [1.29, 1.82) is 0 Å². The highest BCUT2D eigenvalue weighted by Gasteiger charge is 2.59. The van der Waals surface area contributed by atoms with Gasteiger partial charge in [0.05, 0.1) is 25.2 Å². The van der Waals surface area contributed by atoms with E-state index >= 15 is 0 Å². The first-order chi connectivity index (χ1) is 14.2. The average molecular weight is 428 g/mol. The van der Waals surface area contributed by atoms with E-state index in [4.69, 9.17) is 14.2 Å². The summed E-state index contributed by atoms with van der Waals surface area (Å²) in [4.78, 5) is 12.2. The van der Waals surface area contributed by atoms with E-state index in [1.54, 1.807) is 0 Å². The van der Waals surface area contributed by atoms with Gasteiger partial charge in [0.1, 0.15) is 30.5 Å². The van der Waals surface area contributed by atoms with Crippen molar-refractivity contribution >= 4 is 5.97 Å². The predicted octanol–water partition coefficient (Wildman–Crippen LogP) is -0.912. The Morgan fingerprint density at radius 2 is 1.93 bits per heavy atom. The van der Waals surface area contributed by atoms with E-state index in [1.165, 1.54) is 0 Å². The van der Waals surface area contributed by atoms with E-state index in [1.807, 2.05) is 19.9 Å². The summed E-state index contributed by atoms with van der Waals surface area (Å²) in [5, 5.41) is 50.2. The molecule has 0 aromatic rings. The topological polar surface area (TPSA) is 146 Å². The molecule has 5 N–H and O–H groups in total. The Hall–Kier alpha value is -1.07. The maximum atomic E-state index is 12.2. The minimum absolute atomic E-state index is 0.0464. The van der Waals surface area contributed by atoms with Crippen LogP contribution in [-0.2, 0) is 19.0 Å². The fourth-order valence-corrected chi connectivity index (χ4v) is 5.73. The van der Waals surface area contributed by atoms with Crippen LogP contribution in [0.3, 0.4) is 0 Å². The Morgan fingerprint density at radius 1 is 1.20 bits per heavy atom. The number of hydrogen-bond donors (Lipinski definition) is 5. The second-order valence-corrected chi connectivity index (χ2v) is 9.42. The molecule has 2 aliphatic carbocycles. The monoisotopic (exact) mass is 428 g/mol. The number of rotatable bonds is 4. The van der Waals surface area contributed by atoms with Crippen LogP contribution in [0.15, 0.2) is 11.6 Å². The Labute approximate surface area is 175 Å². The van der Waals surface area contributed by atoms with E-state index in [9.17, 15) is 30.3 Å². The molecule has 0 aromatic carbocycles. The third-order valence-corrected chi connectivity index (χ3v) is 7.77. The van der Waals surface area contributed by atoms with Gasteiger partial charge in [0.15, 0.2) is 6.29 Å². The molecular weight excluding hydrogens is 396 g/mol. The molecule has 0 spiro atoms. The van der Waals surface area contributed by atoms with Crippen LogP contribution in [0.25, 0.3) is 0 Å². The lowest BCUT2D eigenvalue weighted by atomic mass is 9.55. The molecule has 4 rings (SSSR count). The molecule has 0 bridgehead atoms. The van der Waals surface area contributed by atoms with Gasteiger partial charge in [-0.25, -0.2) is 0 Å². The van der Waals surface area contributed by atoms with Gasteiger partial charge in [0.2, 0.25) is 0 Å². The third-order valence-electron chi connectivity index (χ3n) is 7.77. The molecule has 9 heteroatoms. The molecule has 1 saturated carbocycles. The van der Waals surface area contributed by atoms with Crippen LogP contribution >= 0.6 is 0 Å². The van der Waals surface area contributed by atoms with Crippen LogP contribution in [0.1, 0.15) is 33.1 Å². The van der Waals surface area contributed by atoms with Gasteiger partial charge >= 0.3 is 5.97 Å². The number of aliphatic hydroxyl groups excluding tert-OH is 5. The SMILES string of the molecule is CC1C(=O)OC2C1CCC1(C)C(O)CC=C(COC3OC(CO)C(O)C(O)C3O)C21. The van der Waals surface area contributed by atoms with Crippen LogP contribution in [0, 0.1) is 23.2 Å². The maximum Gasteiger partial charge on any atom is 0.309 e. The summed E-state index contributed by atoms with van der Waals surface area (Å²) in [5.41, 5.74) is 0.394. The lowest BCUT2D eigenvalue weighted by molar-refractivity contribution is -0.299. The quantitative estimate of drug-likeness (QED) is 0.284. The van der Waals surface area contributed by atoms with Gasteiger partial charge in [-0.1, -0.05) is 19.9 Å². The van der Waals surface area contributed by atoms with E-state index in [0.717, 1.165) is 18.4 Å². The van der Waals surface area contributed by atoms with E-state index in [2.05, 4.69) is 0 Å². The van der Waals surface area contributed by atoms with Gasteiger partial charge in [-0.05, 0) is 24.8 Å². The van der Waals surface area contributed by atoms with Crippen molar-refractivity contribution < 1.29 is 44.5 Å². The minimum atomic E-state index is -1.51. The van der Waals surface area contributed by atoms with Crippen molar-refractivity contribution in [1.82, 2.24) is 0 Å². The Balaban J connectivity index is 1.53. The zero-order chi connectivity index (χ0) is 21.8. The van der Waals surface area contributed by atoms with Gasteiger partial charge in [-0.15, -0.1) is 0 Å². The molecule has 0 amide bonds. The van der Waals surface area contributed by atoms with E-state index in [0.29, 0.717) is 6.42 Å². The molecule has 170 valence electrons. The van der Waals surface area contributed by atoms with Crippen molar-refractivity contribution in [3.05, 3.63) is 11.6 Å². The second kappa shape index (κ2) is 8.12. The lowest BCUT2D eigenvalue weighted by Crippen LogP contribution is -2.59. The summed E-state index contributed by atoms with van der Waals surface area (Å²) in [6, 6.07) is 0. The molecule has 2 aliphatic heterocycles. The molecule has 11 unspecified atom stereocenters. The number of aliphatic hydroxyl groups is 5. The first-order valence-corrected chi connectivity index (χ1v) is 10.7. The summed E-state index contributed by atoms with van der Waals surface area (Å²) >= 11 is 0. The number of carbonyl (C=O) groups is 1. The lowest BCUT2D eigenvalue weighted by Gasteiger charge is -2.52. The Kier molecular flexibility index (Phi) is 6.00. The molecule has 11 atom stereocenters. The van der Waals surface area contributed by atoms with Gasteiger partial charge in [-0.2, -0.15) is 0 Å². The standard InChI is InChI=1S/C21H32O9/c1-9-11-5-6-21(2)13(23)4-3-10(14(21)18(11)30-19(9)27)8-28-20-17(26)16(25)15(24)12(7-22)29-20/h3,9,11-18,20,22-26H,4-8H2,1-2H3. The number of ether oxygens (including phenoxy) is 3. The maximum absolute atomic E-state index is 12.2. The zero-order valence-electron chi connectivity index (χ0n) is 17.3. The van der Waals surface area contributed by atoms with Gasteiger partial charge in [-0.3, -0.25) is 4.79 Å². The third kappa shape index (κ3) is 3.40. The van der Waals surface area contributed by atoms with Crippen molar-refractivity contribution in [3.8, 4) is 0 Å². The summed E-state index contributed by atoms with van der Waals surface area (Å²) < 4.78 is 16.9. The summed E-state index contributed by atoms with van der Waals surface area (Å²) in [6.45, 7) is 3.40. The van der Waals surface area contributed by atoms with Crippen LogP contribution < -0.4 is 0 Å². The fraction of sp³-hybridized carbons (Fsp3) is 0.857. The van der Waals surface area contributed by atoms with Crippen LogP contribution in [0.4, 0.5) is 0 Å². The summed E-state index contributed by atoms with van der Waals surface area (Å²) in [6.07, 6.45) is -3.71. The molecule has 0 radical (unpaired) electrons. The largest absolute Gasteiger partial charge is 0.461 e. The molecule has 9 nitrogen and oxygen atoms in total. The van der Waals surface area contributed by atoms with Crippen molar-refractivity contribution in [2.24, 2.45) is 23.2 Å². The van der Waals surface area contributed by atoms with Gasteiger partial charge in [0, 0.05) is 17.3 Å². The Morgan fingerprint density at radius 3 is 2.63 bits per heavy atom. The molecule has 2 saturated heterocycles. The number of esters is 1. The zero-order valence-corrected chi connectivity index (χ0v) is 17.3. The number of carbonyl (C=O) groups excluding carboxylic acids is 1. The molecule has 0 aromatic heterocycles. The fourth-order valence-electron chi connectivity index (χ4n) is 5.73. The number of fused-ring (bicyclic) bond motifs is 3. The molecule has 30 heavy (non-hydrogen) atoms. The Bertz CT molecular complexity index is 694. The van der Waals surface area contributed by atoms with Gasteiger partial charge in [0.25, 0.3) is 0 Å². The highest BCUT2D eigenvalue weighted by Crippen LogP contribution is 2.56. The smallest absolute Gasteiger partial charge is 0.309 e. The van der Waals surface area contributed by atoms with Crippen LogP contribution in [0.5, 0.6) is 0 Å². The summed E-state index contributed by atoms with van der Waals surface area (Å²) in [5.74, 6) is -0.551. The molecule has 4 aliphatic rings. The first kappa shape index (κ1) is 22.1.